The van der Waals surface area contributed by atoms with Crippen LogP contribution in [-0.4, -0.2) is 35.3 Å². The lowest BCUT2D eigenvalue weighted by Crippen LogP contribution is -2.15. The number of anilines is 1. The van der Waals surface area contributed by atoms with E-state index in [1.807, 2.05) is 0 Å². The molecule has 0 heterocycles. The first-order chi connectivity index (χ1) is 11.8. The van der Waals surface area contributed by atoms with Crippen LogP contribution in [0, 0.1) is 10.1 Å². The lowest BCUT2D eigenvalue weighted by atomic mass is 10.1. The van der Waals surface area contributed by atoms with Gasteiger partial charge in [-0.15, -0.1) is 0 Å². The molecule has 0 aliphatic heterocycles. The fourth-order valence-electron chi connectivity index (χ4n) is 2.19. The van der Waals surface area contributed by atoms with Gasteiger partial charge < -0.3 is 25.0 Å². The van der Waals surface area contributed by atoms with E-state index in [9.17, 15) is 25.1 Å². The number of ether oxygens (including phenoxy) is 2. The number of nitrogens with zero attached hydrogens (tertiary/aromatic N) is 1. The molecule has 2 aromatic rings. The van der Waals surface area contributed by atoms with Crippen molar-refractivity contribution >= 4 is 17.3 Å². The van der Waals surface area contributed by atoms with E-state index in [2.05, 4.69) is 5.32 Å². The zero-order valence-corrected chi connectivity index (χ0v) is 13.5. The van der Waals surface area contributed by atoms with E-state index in [-0.39, 0.29) is 29.2 Å². The van der Waals surface area contributed by atoms with Crippen LogP contribution >= 0.6 is 0 Å². The fraction of sp³-hybridized carbons (Fsp3) is 0.188. The standard InChI is InChI=1S/C16H16N2O7/c1-24-10-3-4-11(13(19)7-10)17-16(21)6-9-5-12(18(22)23)14(20)8-15(9)25-2/h3-5,7-8,19-20H,6H2,1-2H3,(H,17,21). The Balaban J connectivity index is 2.22. The Morgan fingerprint density at radius 2 is 1.88 bits per heavy atom. The molecule has 3 N–H and O–H groups in total. The van der Waals surface area contributed by atoms with E-state index in [0.717, 1.165) is 12.1 Å². The number of nitrogens with one attached hydrogen (secondary N) is 1. The van der Waals surface area contributed by atoms with Gasteiger partial charge in [0.25, 0.3) is 0 Å². The molecule has 0 fully saturated rings. The molecule has 9 nitrogen and oxygen atoms in total. The van der Waals surface area contributed by atoms with Crippen molar-refractivity contribution in [3.05, 3.63) is 46.0 Å². The quantitative estimate of drug-likeness (QED) is 0.414. The monoisotopic (exact) mass is 348 g/mol. The number of hydrogen-bond acceptors (Lipinski definition) is 7. The van der Waals surface area contributed by atoms with Gasteiger partial charge in [0.15, 0.2) is 5.75 Å². The maximum Gasteiger partial charge on any atom is 0.311 e. The van der Waals surface area contributed by atoms with E-state index >= 15 is 0 Å². The Kier molecular flexibility index (Phi) is 5.28. The number of rotatable bonds is 6. The minimum atomic E-state index is -0.758. The predicted octanol–water partition coefficient (Wildman–Crippen LogP) is 2.20. The summed E-state index contributed by atoms with van der Waals surface area (Å²) in [5, 5.41) is 32.9. The molecule has 0 saturated carbocycles. The summed E-state index contributed by atoms with van der Waals surface area (Å²) in [7, 11) is 2.76. The van der Waals surface area contributed by atoms with Gasteiger partial charge in [0.1, 0.15) is 17.2 Å². The van der Waals surface area contributed by atoms with Crippen LogP contribution in [0.15, 0.2) is 30.3 Å². The van der Waals surface area contributed by atoms with Crippen LogP contribution in [0.5, 0.6) is 23.0 Å². The van der Waals surface area contributed by atoms with Crippen molar-refractivity contribution in [2.24, 2.45) is 0 Å². The van der Waals surface area contributed by atoms with E-state index in [1.165, 1.54) is 26.4 Å². The number of benzene rings is 2. The number of hydrogen-bond donors (Lipinski definition) is 3. The van der Waals surface area contributed by atoms with Crippen molar-refractivity contribution < 1.29 is 29.4 Å². The van der Waals surface area contributed by atoms with Gasteiger partial charge in [-0.2, -0.15) is 0 Å². The summed E-state index contributed by atoms with van der Waals surface area (Å²) in [6.07, 6.45) is -0.254. The first-order valence-electron chi connectivity index (χ1n) is 7.06. The second-order valence-corrected chi connectivity index (χ2v) is 5.02. The number of carbonyl (C=O) groups is 1. The fourth-order valence-corrected chi connectivity index (χ4v) is 2.19. The van der Waals surface area contributed by atoms with Crippen LogP contribution in [0.4, 0.5) is 11.4 Å². The molecular formula is C16H16N2O7. The minimum absolute atomic E-state index is 0.136. The molecule has 0 atom stereocenters. The highest BCUT2D eigenvalue weighted by Gasteiger charge is 2.20. The molecule has 132 valence electrons. The number of phenols is 2. The molecule has 9 heteroatoms. The minimum Gasteiger partial charge on any atom is -0.506 e. The van der Waals surface area contributed by atoms with Crippen molar-refractivity contribution in [2.45, 2.75) is 6.42 Å². The zero-order valence-electron chi connectivity index (χ0n) is 13.5. The Hall–Kier alpha value is -3.49. The van der Waals surface area contributed by atoms with Crippen molar-refractivity contribution in [3.63, 3.8) is 0 Å². The van der Waals surface area contributed by atoms with Gasteiger partial charge in [0, 0.05) is 23.8 Å². The van der Waals surface area contributed by atoms with Gasteiger partial charge in [-0.3, -0.25) is 14.9 Å². The normalized spacial score (nSPS) is 10.2. The lowest BCUT2D eigenvalue weighted by molar-refractivity contribution is -0.385. The smallest absolute Gasteiger partial charge is 0.311 e. The highest BCUT2D eigenvalue weighted by molar-refractivity contribution is 5.94. The van der Waals surface area contributed by atoms with Gasteiger partial charge in [-0.05, 0) is 12.1 Å². The van der Waals surface area contributed by atoms with Crippen molar-refractivity contribution in [2.75, 3.05) is 19.5 Å². The first kappa shape index (κ1) is 17.9. The average Bonchev–Trinajstić information content (AvgIpc) is 2.57. The molecule has 1 amide bonds. The average molecular weight is 348 g/mol. The summed E-state index contributed by atoms with van der Waals surface area (Å²) in [6, 6.07) is 6.50. The molecule has 0 aliphatic carbocycles. The van der Waals surface area contributed by atoms with Crippen molar-refractivity contribution in [1.29, 1.82) is 0 Å². The van der Waals surface area contributed by atoms with Crippen LogP contribution < -0.4 is 14.8 Å². The first-order valence-corrected chi connectivity index (χ1v) is 7.06. The van der Waals surface area contributed by atoms with Crippen LogP contribution in [-0.2, 0) is 11.2 Å². The van der Waals surface area contributed by atoms with Crippen LogP contribution in [0.2, 0.25) is 0 Å². The predicted molar refractivity (Wildman–Crippen MR) is 88.3 cm³/mol. The molecule has 2 rings (SSSR count). The Morgan fingerprint density at radius 3 is 2.44 bits per heavy atom. The van der Waals surface area contributed by atoms with Gasteiger partial charge in [-0.25, -0.2) is 0 Å². The molecule has 0 unspecified atom stereocenters. The van der Waals surface area contributed by atoms with Crippen molar-refractivity contribution in [1.82, 2.24) is 0 Å². The number of amides is 1. The topological polar surface area (TPSA) is 131 Å². The van der Waals surface area contributed by atoms with E-state index in [1.54, 1.807) is 6.07 Å². The Bertz CT molecular complexity index is 820. The van der Waals surface area contributed by atoms with Gasteiger partial charge in [0.05, 0.1) is 31.3 Å². The molecule has 0 saturated heterocycles. The number of methoxy groups -OCH3 is 2. The second-order valence-electron chi connectivity index (χ2n) is 5.02. The molecule has 0 radical (unpaired) electrons. The number of carbonyl (C=O) groups excluding carboxylic acids is 1. The van der Waals surface area contributed by atoms with E-state index in [4.69, 9.17) is 9.47 Å². The van der Waals surface area contributed by atoms with E-state index in [0.29, 0.717) is 5.75 Å². The number of nitro benzene ring substituents is 1. The van der Waals surface area contributed by atoms with Crippen LogP contribution in [0.1, 0.15) is 5.56 Å². The summed E-state index contributed by atoms with van der Waals surface area (Å²) in [5.41, 5.74) is -0.147. The highest BCUT2D eigenvalue weighted by Crippen LogP contribution is 2.34. The number of nitro groups is 1. The number of aromatic hydroxyl groups is 2. The summed E-state index contributed by atoms with van der Waals surface area (Å²) in [5.74, 6) is -0.711. The SMILES string of the molecule is COc1ccc(NC(=O)Cc2cc([N+](=O)[O-])c(O)cc2OC)c(O)c1. The van der Waals surface area contributed by atoms with Gasteiger partial charge in [-0.1, -0.05) is 0 Å². The number of phenolic OH excluding ortho intramolecular Hbond substituents is 2. The third kappa shape index (κ3) is 4.08. The summed E-state index contributed by atoms with van der Waals surface area (Å²) in [6.45, 7) is 0. The zero-order chi connectivity index (χ0) is 18.6. The van der Waals surface area contributed by atoms with Gasteiger partial charge in [0.2, 0.25) is 5.91 Å². The summed E-state index contributed by atoms with van der Waals surface area (Å²) >= 11 is 0. The molecule has 0 bridgehead atoms. The molecular weight excluding hydrogens is 332 g/mol. The van der Waals surface area contributed by atoms with Crippen LogP contribution in [0.3, 0.4) is 0 Å². The maximum atomic E-state index is 12.2. The van der Waals surface area contributed by atoms with E-state index < -0.39 is 22.3 Å². The molecule has 0 spiro atoms. The lowest BCUT2D eigenvalue weighted by Gasteiger charge is -2.11. The third-order valence-electron chi connectivity index (χ3n) is 3.40. The highest BCUT2D eigenvalue weighted by atomic mass is 16.6. The third-order valence-corrected chi connectivity index (χ3v) is 3.40. The largest absolute Gasteiger partial charge is 0.506 e. The van der Waals surface area contributed by atoms with Gasteiger partial charge >= 0.3 is 5.69 Å². The van der Waals surface area contributed by atoms with Crippen molar-refractivity contribution in [3.8, 4) is 23.0 Å². The Labute approximate surface area is 142 Å². The molecule has 0 aliphatic rings. The second kappa shape index (κ2) is 7.39. The summed E-state index contributed by atoms with van der Waals surface area (Å²) in [4.78, 5) is 22.3. The molecule has 25 heavy (non-hydrogen) atoms. The maximum absolute atomic E-state index is 12.2. The molecule has 0 aromatic heterocycles. The molecule has 2 aromatic carbocycles. The van der Waals surface area contributed by atoms with Crippen LogP contribution in [0.25, 0.3) is 0 Å². The summed E-state index contributed by atoms with van der Waals surface area (Å²) < 4.78 is 9.99. The Morgan fingerprint density at radius 1 is 1.16 bits per heavy atom.